The summed E-state index contributed by atoms with van der Waals surface area (Å²) in [4.78, 5) is 14.9. The minimum atomic E-state index is -0.837. The Hall–Kier alpha value is -2.43. The van der Waals surface area contributed by atoms with Crippen LogP contribution in [0.3, 0.4) is 0 Å². The van der Waals surface area contributed by atoms with Gasteiger partial charge in [-0.25, -0.2) is 9.78 Å². The van der Waals surface area contributed by atoms with Crippen molar-refractivity contribution in [1.82, 2.24) is 4.98 Å². The zero-order chi connectivity index (χ0) is 13.5. The van der Waals surface area contributed by atoms with Crippen molar-refractivity contribution >= 4 is 5.97 Å². The molecule has 0 amide bonds. The predicted octanol–water partition coefficient (Wildman–Crippen LogP) is 2.46. The second-order valence-corrected chi connectivity index (χ2v) is 3.64. The molecule has 0 fully saturated rings. The van der Waals surface area contributed by atoms with E-state index in [9.17, 15) is 9.18 Å². The molecular weight excluding hydrogens is 249 g/mol. The van der Waals surface area contributed by atoms with Crippen LogP contribution in [0, 0.1) is 5.95 Å². The summed E-state index contributed by atoms with van der Waals surface area (Å²) in [5.74, 6) is -0.898. The standard InChI is InChI=1S/C14H12FNO3/c15-13-12(7-4-8-16-13)14(17)19-10-9-18-11-5-2-1-3-6-11/h1-8H,9-10H2. The van der Waals surface area contributed by atoms with Crippen molar-refractivity contribution in [2.45, 2.75) is 0 Å². The van der Waals surface area contributed by atoms with Gasteiger partial charge in [-0.2, -0.15) is 4.39 Å². The Bertz CT molecular complexity index is 545. The van der Waals surface area contributed by atoms with Crippen LogP contribution >= 0.6 is 0 Å². The number of hydrogen-bond donors (Lipinski definition) is 0. The van der Waals surface area contributed by atoms with Gasteiger partial charge in [0.15, 0.2) is 0 Å². The molecule has 0 unspecified atom stereocenters. The highest BCUT2D eigenvalue weighted by atomic mass is 19.1. The van der Waals surface area contributed by atoms with Gasteiger partial charge in [-0.15, -0.1) is 0 Å². The molecule has 0 bridgehead atoms. The van der Waals surface area contributed by atoms with Crippen LogP contribution in [0.4, 0.5) is 4.39 Å². The van der Waals surface area contributed by atoms with Gasteiger partial charge < -0.3 is 9.47 Å². The number of nitrogens with zero attached hydrogens (tertiary/aromatic N) is 1. The number of rotatable bonds is 5. The number of para-hydroxylation sites is 1. The second-order valence-electron chi connectivity index (χ2n) is 3.64. The fourth-order valence-electron chi connectivity index (χ4n) is 1.43. The third kappa shape index (κ3) is 3.77. The Morgan fingerprint density at radius 2 is 1.89 bits per heavy atom. The summed E-state index contributed by atoms with van der Waals surface area (Å²) in [7, 11) is 0. The topological polar surface area (TPSA) is 48.4 Å². The first-order valence-corrected chi connectivity index (χ1v) is 5.73. The Morgan fingerprint density at radius 3 is 2.63 bits per heavy atom. The Labute approximate surface area is 109 Å². The lowest BCUT2D eigenvalue weighted by atomic mass is 10.3. The third-order valence-electron chi connectivity index (χ3n) is 2.31. The molecule has 0 aliphatic heterocycles. The van der Waals surface area contributed by atoms with E-state index in [2.05, 4.69) is 4.98 Å². The highest BCUT2D eigenvalue weighted by Crippen LogP contribution is 2.08. The maximum Gasteiger partial charge on any atom is 0.342 e. The molecule has 5 heteroatoms. The molecule has 0 atom stereocenters. The molecule has 1 aromatic carbocycles. The van der Waals surface area contributed by atoms with Gasteiger partial charge in [0.2, 0.25) is 5.95 Å². The van der Waals surface area contributed by atoms with Gasteiger partial charge in [0.05, 0.1) is 0 Å². The summed E-state index contributed by atoms with van der Waals surface area (Å²) in [6.07, 6.45) is 1.27. The maximum atomic E-state index is 13.2. The average Bonchev–Trinajstić information content (AvgIpc) is 2.45. The van der Waals surface area contributed by atoms with E-state index in [1.165, 1.54) is 18.3 Å². The minimum Gasteiger partial charge on any atom is -0.490 e. The van der Waals surface area contributed by atoms with Crippen molar-refractivity contribution in [3.8, 4) is 5.75 Å². The molecule has 0 radical (unpaired) electrons. The minimum absolute atomic E-state index is 0.0437. The second kappa shape index (κ2) is 6.49. The van der Waals surface area contributed by atoms with E-state index >= 15 is 0 Å². The smallest absolute Gasteiger partial charge is 0.342 e. The van der Waals surface area contributed by atoms with E-state index in [0.717, 1.165) is 0 Å². The zero-order valence-corrected chi connectivity index (χ0v) is 10.1. The molecule has 0 saturated carbocycles. The van der Waals surface area contributed by atoms with Gasteiger partial charge in [0.1, 0.15) is 24.5 Å². The van der Waals surface area contributed by atoms with Gasteiger partial charge in [0, 0.05) is 6.20 Å². The monoisotopic (exact) mass is 261 g/mol. The number of aromatic nitrogens is 1. The largest absolute Gasteiger partial charge is 0.490 e. The molecule has 0 saturated heterocycles. The number of esters is 1. The summed E-state index contributed by atoms with van der Waals surface area (Å²) in [5, 5.41) is 0. The van der Waals surface area contributed by atoms with Crippen molar-refractivity contribution in [1.29, 1.82) is 0 Å². The molecular formula is C14H12FNO3. The highest BCUT2D eigenvalue weighted by molar-refractivity contribution is 5.89. The Kier molecular flexibility index (Phi) is 4.44. The average molecular weight is 261 g/mol. The van der Waals surface area contributed by atoms with Gasteiger partial charge in [-0.1, -0.05) is 18.2 Å². The third-order valence-corrected chi connectivity index (χ3v) is 2.31. The summed E-state index contributed by atoms with van der Waals surface area (Å²) in [6.45, 7) is 0.250. The normalized spacial score (nSPS) is 9.95. The van der Waals surface area contributed by atoms with E-state index in [-0.39, 0.29) is 18.8 Å². The molecule has 2 rings (SSSR count). The van der Waals surface area contributed by atoms with Crippen LogP contribution in [-0.2, 0) is 4.74 Å². The number of carbonyl (C=O) groups excluding carboxylic acids is 1. The molecule has 0 aliphatic rings. The zero-order valence-electron chi connectivity index (χ0n) is 10.1. The number of benzene rings is 1. The van der Waals surface area contributed by atoms with Gasteiger partial charge in [-0.05, 0) is 24.3 Å². The molecule has 2 aromatic rings. The molecule has 1 aromatic heterocycles. The summed E-state index contributed by atoms with van der Waals surface area (Å²) >= 11 is 0. The maximum absolute atomic E-state index is 13.2. The number of pyridine rings is 1. The van der Waals surface area contributed by atoms with Crippen LogP contribution in [0.5, 0.6) is 5.75 Å². The number of hydrogen-bond acceptors (Lipinski definition) is 4. The molecule has 1 heterocycles. The van der Waals surface area contributed by atoms with Gasteiger partial charge >= 0.3 is 5.97 Å². The van der Waals surface area contributed by atoms with Crippen molar-refractivity contribution in [3.05, 3.63) is 60.2 Å². The van der Waals surface area contributed by atoms with Gasteiger partial charge in [0.25, 0.3) is 0 Å². The first-order chi connectivity index (χ1) is 9.27. The lowest BCUT2D eigenvalue weighted by Gasteiger charge is -2.07. The number of carbonyl (C=O) groups is 1. The van der Waals surface area contributed by atoms with Crippen LogP contribution in [-0.4, -0.2) is 24.2 Å². The van der Waals surface area contributed by atoms with Crippen LogP contribution in [0.1, 0.15) is 10.4 Å². The molecule has 19 heavy (non-hydrogen) atoms. The molecule has 4 nitrogen and oxygen atoms in total. The van der Waals surface area contributed by atoms with Crippen molar-refractivity contribution in [2.75, 3.05) is 13.2 Å². The Balaban J connectivity index is 1.77. The fraction of sp³-hybridized carbons (Fsp3) is 0.143. The fourth-order valence-corrected chi connectivity index (χ4v) is 1.43. The van der Waals surface area contributed by atoms with Crippen molar-refractivity contribution in [3.63, 3.8) is 0 Å². The Morgan fingerprint density at radius 1 is 1.11 bits per heavy atom. The first kappa shape index (κ1) is 13.0. The SMILES string of the molecule is O=C(OCCOc1ccccc1)c1cccnc1F. The number of halogens is 1. The molecule has 0 spiro atoms. The van der Waals surface area contributed by atoms with Crippen LogP contribution in [0.25, 0.3) is 0 Å². The first-order valence-electron chi connectivity index (χ1n) is 5.73. The molecule has 0 aliphatic carbocycles. The lowest BCUT2D eigenvalue weighted by Crippen LogP contribution is -2.14. The van der Waals surface area contributed by atoms with E-state index in [4.69, 9.17) is 9.47 Å². The van der Waals surface area contributed by atoms with E-state index < -0.39 is 11.9 Å². The highest BCUT2D eigenvalue weighted by Gasteiger charge is 2.13. The summed E-state index contributed by atoms with van der Waals surface area (Å²) < 4.78 is 23.4. The van der Waals surface area contributed by atoms with E-state index in [1.807, 2.05) is 18.2 Å². The summed E-state index contributed by atoms with van der Waals surface area (Å²) in [6, 6.07) is 11.9. The van der Waals surface area contributed by atoms with E-state index in [0.29, 0.717) is 5.75 Å². The van der Waals surface area contributed by atoms with Crippen molar-refractivity contribution in [2.24, 2.45) is 0 Å². The molecule has 98 valence electrons. The van der Waals surface area contributed by atoms with Gasteiger partial charge in [-0.3, -0.25) is 0 Å². The lowest BCUT2D eigenvalue weighted by molar-refractivity contribution is 0.0444. The predicted molar refractivity (Wildman–Crippen MR) is 66.4 cm³/mol. The molecule has 0 N–H and O–H groups in total. The van der Waals surface area contributed by atoms with Crippen molar-refractivity contribution < 1.29 is 18.7 Å². The van der Waals surface area contributed by atoms with Crippen LogP contribution in [0.15, 0.2) is 48.7 Å². The van der Waals surface area contributed by atoms with Crippen LogP contribution < -0.4 is 4.74 Å². The summed E-state index contributed by atoms with van der Waals surface area (Å²) in [5.41, 5.74) is -0.179. The van der Waals surface area contributed by atoms with Crippen LogP contribution in [0.2, 0.25) is 0 Å². The van der Waals surface area contributed by atoms with E-state index in [1.54, 1.807) is 12.1 Å². The number of ether oxygens (including phenoxy) is 2. The quantitative estimate of drug-likeness (QED) is 0.471.